The second-order valence-corrected chi connectivity index (χ2v) is 5.01. The fourth-order valence-corrected chi connectivity index (χ4v) is 2.64. The third-order valence-electron chi connectivity index (χ3n) is 3.12. The lowest BCUT2D eigenvalue weighted by Crippen LogP contribution is -2.22. The molecule has 1 aliphatic heterocycles. The number of rotatable bonds is 3. The summed E-state index contributed by atoms with van der Waals surface area (Å²) in [5, 5.41) is 0. The van der Waals surface area contributed by atoms with E-state index in [1.54, 1.807) is 7.11 Å². The van der Waals surface area contributed by atoms with Crippen LogP contribution >= 0.6 is 15.9 Å². The summed E-state index contributed by atoms with van der Waals surface area (Å²) in [6, 6.07) is 6.20. The van der Waals surface area contributed by atoms with Gasteiger partial charge in [0.15, 0.2) is 0 Å². The third-order valence-corrected chi connectivity index (χ3v) is 3.74. The summed E-state index contributed by atoms with van der Waals surface area (Å²) in [6.07, 6.45) is 1.19. The van der Waals surface area contributed by atoms with Crippen LogP contribution in [-0.2, 0) is 0 Å². The van der Waals surface area contributed by atoms with Gasteiger partial charge in [-0.05, 0) is 53.0 Å². The molecule has 2 rings (SSSR count). The van der Waals surface area contributed by atoms with Crippen molar-refractivity contribution in [1.29, 1.82) is 0 Å². The highest BCUT2D eigenvalue weighted by molar-refractivity contribution is 9.10. The van der Waals surface area contributed by atoms with E-state index in [1.165, 1.54) is 12.1 Å². The average Bonchev–Trinajstić information content (AvgIpc) is 2.77. The first-order chi connectivity index (χ1) is 7.74. The molecule has 0 bridgehead atoms. The van der Waals surface area contributed by atoms with Gasteiger partial charge in [-0.25, -0.2) is 0 Å². The van der Waals surface area contributed by atoms with Crippen LogP contribution in [0.25, 0.3) is 0 Å². The van der Waals surface area contributed by atoms with Crippen LogP contribution in [0.4, 0.5) is 5.69 Å². The van der Waals surface area contributed by atoms with Gasteiger partial charge in [0, 0.05) is 18.8 Å². The lowest BCUT2D eigenvalue weighted by atomic mass is 10.1. The molecule has 1 heterocycles. The summed E-state index contributed by atoms with van der Waals surface area (Å²) in [6.45, 7) is 2.95. The molecular formula is C12H17BrN2O. The molecule has 1 saturated heterocycles. The topological polar surface area (TPSA) is 38.5 Å². The van der Waals surface area contributed by atoms with Gasteiger partial charge in [0.05, 0.1) is 11.6 Å². The summed E-state index contributed by atoms with van der Waals surface area (Å²) in [5.74, 6) is 1.51. The van der Waals surface area contributed by atoms with Gasteiger partial charge in [-0.3, -0.25) is 0 Å². The van der Waals surface area contributed by atoms with Crippen LogP contribution in [0.2, 0.25) is 0 Å². The number of nitrogens with two attached hydrogens (primary N) is 1. The van der Waals surface area contributed by atoms with Crippen LogP contribution in [0.3, 0.4) is 0 Å². The van der Waals surface area contributed by atoms with E-state index >= 15 is 0 Å². The average molecular weight is 285 g/mol. The zero-order chi connectivity index (χ0) is 11.5. The number of ether oxygens (including phenoxy) is 1. The minimum atomic E-state index is 0.640. The molecule has 1 aromatic carbocycles. The van der Waals surface area contributed by atoms with Crippen molar-refractivity contribution in [2.45, 2.75) is 6.42 Å². The Hall–Kier alpha value is -0.740. The van der Waals surface area contributed by atoms with Crippen molar-refractivity contribution < 1.29 is 4.74 Å². The lowest BCUT2D eigenvalue weighted by molar-refractivity contribution is 0.412. The Morgan fingerprint density at radius 1 is 1.56 bits per heavy atom. The van der Waals surface area contributed by atoms with Crippen LogP contribution in [-0.4, -0.2) is 26.7 Å². The van der Waals surface area contributed by atoms with Gasteiger partial charge in [0.2, 0.25) is 0 Å². The van der Waals surface area contributed by atoms with E-state index in [-0.39, 0.29) is 0 Å². The molecule has 88 valence electrons. The van der Waals surface area contributed by atoms with Crippen LogP contribution in [0.1, 0.15) is 6.42 Å². The molecule has 0 aliphatic carbocycles. The maximum absolute atomic E-state index is 5.69. The SMILES string of the molecule is COc1ccc(N2CCC(CN)C2)cc1Br. The third kappa shape index (κ3) is 2.33. The summed E-state index contributed by atoms with van der Waals surface area (Å²) < 4.78 is 6.22. The molecule has 0 aromatic heterocycles. The zero-order valence-electron chi connectivity index (χ0n) is 9.45. The predicted octanol–water partition coefficient (Wildman–Crippen LogP) is 2.24. The largest absolute Gasteiger partial charge is 0.496 e. The molecule has 0 radical (unpaired) electrons. The standard InChI is InChI=1S/C12H17BrN2O/c1-16-12-3-2-10(6-11(12)13)15-5-4-9(7-14)8-15/h2-3,6,9H,4-5,7-8,14H2,1H3. The molecule has 1 aromatic rings. The number of methoxy groups -OCH3 is 1. The molecule has 16 heavy (non-hydrogen) atoms. The first kappa shape index (κ1) is 11.7. The maximum Gasteiger partial charge on any atom is 0.133 e. The van der Waals surface area contributed by atoms with Gasteiger partial charge in [0.25, 0.3) is 0 Å². The minimum Gasteiger partial charge on any atom is -0.496 e. The molecule has 0 saturated carbocycles. The van der Waals surface area contributed by atoms with E-state index in [4.69, 9.17) is 10.5 Å². The van der Waals surface area contributed by atoms with Crippen molar-refractivity contribution >= 4 is 21.6 Å². The van der Waals surface area contributed by atoms with E-state index in [0.29, 0.717) is 5.92 Å². The number of benzene rings is 1. The van der Waals surface area contributed by atoms with Crippen molar-refractivity contribution in [2.24, 2.45) is 11.7 Å². The number of halogens is 1. The molecule has 0 amide bonds. The molecule has 1 aliphatic rings. The van der Waals surface area contributed by atoms with E-state index in [2.05, 4.69) is 33.0 Å². The highest BCUT2D eigenvalue weighted by Gasteiger charge is 2.21. The van der Waals surface area contributed by atoms with E-state index in [0.717, 1.165) is 29.9 Å². The Balaban J connectivity index is 2.13. The summed E-state index contributed by atoms with van der Waals surface area (Å²) in [5.41, 5.74) is 6.93. The molecular weight excluding hydrogens is 268 g/mol. The Morgan fingerprint density at radius 2 is 2.38 bits per heavy atom. The quantitative estimate of drug-likeness (QED) is 0.925. The highest BCUT2D eigenvalue weighted by Crippen LogP contribution is 2.31. The second kappa shape index (κ2) is 5.06. The molecule has 0 spiro atoms. The van der Waals surface area contributed by atoms with Gasteiger partial charge < -0.3 is 15.4 Å². The van der Waals surface area contributed by atoms with E-state index < -0.39 is 0 Å². The molecule has 4 heteroatoms. The zero-order valence-corrected chi connectivity index (χ0v) is 11.0. The van der Waals surface area contributed by atoms with Gasteiger partial charge >= 0.3 is 0 Å². The Labute approximate surface area is 105 Å². The molecule has 1 fully saturated rings. The van der Waals surface area contributed by atoms with E-state index in [9.17, 15) is 0 Å². The predicted molar refractivity (Wildman–Crippen MR) is 70.1 cm³/mol. The minimum absolute atomic E-state index is 0.640. The second-order valence-electron chi connectivity index (χ2n) is 4.16. The van der Waals surface area contributed by atoms with E-state index in [1.807, 2.05) is 6.07 Å². The fourth-order valence-electron chi connectivity index (χ4n) is 2.11. The highest BCUT2D eigenvalue weighted by atomic mass is 79.9. The van der Waals surface area contributed by atoms with Crippen molar-refractivity contribution in [1.82, 2.24) is 0 Å². The van der Waals surface area contributed by atoms with Crippen LogP contribution in [0, 0.1) is 5.92 Å². The molecule has 1 unspecified atom stereocenters. The van der Waals surface area contributed by atoms with Crippen molar-refractivity contribution in [2.75, 3.05) is 31.6 Å². The summed E-state index contributed by atoms with van der Waals surface area (Å²) >= 11 is 3.51. The molecule has 2 N–H and O–H groups in total. The van der Waals surface area contributed by atoms with Crippen molar-refractivity contribution in [3.8, 4) is 5.75 Å². The van der Waals surface area contributed by atoms with Crippen molar-refractivity contribution in [3.63, 3.8) is 0 Å². The number of nitrogens with zero attached hydrogens (tertiary/aromatic N) is 1. The van der Waals surface area contributed by atoms with Crippen molar-refractivity contribution in [3.05, 3.63) is 22.7 Å². The lowest BCUT2D eigenvalue weighted by Gasteiger charge is -2.19. The first-order valence-electron chi connectivity index (χ1n) is 5.53. The fraction of sp³-hybridized carbons (Fsp3) is 0.500. The number of hydrogen-bond acceptors (Lipinski definition) is 3. The molecule has 3 nitrogen and oxygen atoms in total. The number of hydrogen-bond donors (Lipinski definition) is 1. The summed E-state index contributed by atoms with van der Waals surface area (Å²) in [7, 11) is 1.68. The van der Waals surface area contributed by atoms with Gasteiger partial charge in [-0.15, -0.1) is 0 Å². The first-order valence-corrected chi connectivity index (χ1v) is 6.32. The Kier molecular flexibility index (Phi) is 3.71. The smallest absolute Gasteiger partial charge is 0.133 e. The normalized spacial score (nSPS) is 20.2. The monoisotopic (exact) mass is 284 g/mol. The number of anilines is 1. The molecule has 1 atom stereocenters. The van der Waals surface area contributed by atoms with Crippen LogP contribution in [0.15, 0.2) is 22.7 Å². The summed E-state index contributed by atoms with van der Waals surface area (Å²) in [4.78, 5) is 2.38. The van der Waals surface area contributed by atoms with Crippen LogP contribution < -0.4 is 15.4 Å². The van der Waals surface area contributed by atoms with Gasteiger partial charge in [0.1, 0.15) is 5.75 Å². The van der Waals surface area contributed by atoms with Gasteiger partial charge in [-0.2, -0.15) is 0 Å². The Morgan fingerprint density at radius 3 is 2.94 bits per heavy atom. The Bertz CT molecular complexity index is 370. The van der Waals surface area contributed by atoms with Crippen LogP contribution in [0.5, 0.6) is 5.75 Å². The maximum atomic E-state index is 5.69. The van der Waals surface area contributed by atoms with Gasteiger partial charge in [-0.1, -0.05) is 0 Å².